The van der Waals surface area contributed by atoms with Crippen LogP contribution < -0.4 is 10.6 Å². The summed E-state index contributed by atoms with van der Waals surface area (Å²) in [5.74, 6) is 0.706. The normalized spacial score (nSPS) is 17.0. The second-order valence-corrected chi connectivity index (χ2v) is 8.88. The summed E-state index contributed by atoms with van der Waals surface area (Å²) < 4.78 is 6.82. The van der Waals surface area contributed by atoms with Crippen LogP contribution in [-0.4, -0.2) is 44.4 Å². The van der Waals surface area contributed by atoms with Crippen molar-refractivity contribution in [2.75, 3.05) is 33.4 Å². The van der Waals surface area contributed by atoms with Crippen LogP contribution in [0.15, 0.2) is 65.7 Å². The first-order valence-electron chi connectivity index (χ1n) is 10.4. The number of halogens is 1. The average Bonchev–Trinajstić information content (AvgIpc) is 3.25. The molecule has 3 aromatic rings. The molecule has 0 amide bonds. The van der Waals surface area contributed by atoms with Crippen LogP contribution >= 0.6 is 35.3 Å². The summed E-state index contributed by atoms with van der Waals surface area (Å²) in [6.45, 7) is 2.73. The van der Waals surface area contributed by atoms with Gasteiger partial charge in [0.1, 0.15) is 6.10 Å². The lowest BCUT2D eigenvalue weighted by molar-refractivity contribution is 0.0513. The van der Waals surface area contributed by atoms with Crippen molar-refractivity contribution in [3.63, 3.8) is 0 Å². The summed E-state index contributed by atoms with van der Waals surface area (Å²) >= 11 is 1.63. The summed E-state index contributed by atoms with van der Waals surface area (Å²) in [5.41, 5.74) is 1.36. The Morgan fingerprint density at radius 2 is 1.81 bits per heavy atom. The standard InChI is InChI=1S/C24H29N3O2S.HI/c1-25-23(26-16-20(28)22-15-18-7-5-6-10-21(18)30-22)27-17-24(11-13-29-14-12-24)19-8-3-2-4-9-19;/h2-10,15,20,28H,11-14,16-17H2,1H3,(H2,25,26,27);1H. The van der Waals surface area contributed by atoms with Gasteiger partial charge in [-0.2, -0.15) is 0 Å². The molecule has 0 spiro atoms. The van der Waals surface area contributed by atoms with Gasteiger partial charge in [-0.15, -0.1) is 35.3 Å². The molecule has 2 heterocycles. The van der Waals surface area contributed by atoms with Crippen molar-refractivity contribution in [3.05, 3.63) is 71.1 Å². The molecule has 1 aliphatic heterocycles. The van der Waals surface area contributed by atoms with E-state index in [4.69, 9.17) is 4.74 Å². The Morgan fingerprint density at radius 3 is 2.52 bits per heavy atom. The Labute approximate surface area is 205 Å². The van der Waals surface area contributed by atoms with Crippen molar-refractivity contribution in [1.29, 1.82) is 0 Å². The van der Waals surface area contributed by atoms with Gasteiger partial charge in [0.25, 0.3) is 0 Å². The number of thiophene rings is 1. The number of nitrogens with zero attached hydrogens (tertiary/aromatic N) is 1. The predicted molar refractivity (Wildman–Crippen MR) is 140 cm³/mol. The van der Waals surface area contributed by atoms with E-state index in [0.29, 0.717) is 12.5 Å². The number of benzene rings is 2. The Kier molecular flexibility index (Phi) is 8.71. The molecule has 31 heavy (non-hydrogen) atoms. The van der Waals surface area contributed by atoms with Gasteiger partial charge in [-0.1, -0.05) is 48.5 Å². The van der Waals surface area contributed by atoms with Crippen molar-refractivity contribution in [1.82, 2.24) is 10.6 Å². The summed E-state index contributed by atoms with van der Waals surface area (Å²) in [7, 11) is 1.76. The number of hydrogen-bond acceptors (Lipinski definition) is 4. The van der Waals surface area contributed by atoms with Gasteiger partial charge in [-0.25, -0.2) is 0 Å². The number of aliphatic imine (C=N–C) groups is 1. The molecule has 5 nitrogen and oxygen atoms in total. The van der Waals surface area contributed by atoms with Crippen molar-refractivity contribution in [2.45, 2.75) is 24.4 Å². The number of aliphatic hydroxyl groups is 1. The number of guanidine groups is 1. The smallest absolute Gasteiger partial charge is 0.191 e. The highest BCUT2D eigenvalue weighted by atomic mass is 127. The molecule has 0 radical (unpaired) electrons. The predicted octanol–water partition coefficient (Wildman–Crippen LogP) is 4.47. The fourth-order valence-electron chi connectivity index (χ4n) is 4.06. The number of aliphatic hydroxyl groups excluding tert-OH is 1. The molecule has 1 fully saturated rings. The number of fused-ring (bicyclic) bond motifs is 1. The molecule has 166 valence electrons. The summed E-state index contributed by atoms with van der Waals surface area (Å²) in [6.07, 6.45) is 1.38. The number of ether oxygens (including phenoxy) is 1. The quantitative estimate of drug-likeness (QED) is 0.241. The fourth-order valence-corrected chi connectivity index (χ4v) is 5.11. The lowest BCUT2D eigenvalue weighted by Gasteiger charge is -2.38. The molecule has 0 bridgehead atoms. The second kappa shape index (κ2) is 11.3. The van der Waals surface area contributed by atoms with Crippen LogP contribution in [0.25, 0.3) is 10.1 Å². The maximum atomic E-state index is 10.7. The van der Waals surface area contributed by atoms with E-state index < -0.39 is 6.10 Å². The van der Waals surface area contributed by atoms with Gasteiger partial charge in [0.15, 0.2) is 5.96 Å². The molecular weight excluding hydrogens is 521 g/mol. The molecular formula is C24H30IN3O2S. The molecule has 0 saturated carbocycles. The molecule has 1 saturated heterocycles. The van der Waals surface area contributed by atoms with Gasteiger partial charge in [-0.3, -0.25) is 4.99 Å². The van der Waals surface area contributed by atoms with E-state index in [0.717, 1.165) is 37.5 Å². The van der Waals surface area contributed by atoms with E-state index >= 15 is 0 Å². The van der Waals surface area contributed by atoms with Crippen LogP contribution in [0.3, 0.4) is 0 Å². The molecule has 1 atom stereocenters. The molecule has 1 aromatic heterocycles. The van der Waals surface area contributed by atoms with Crippen LogP contribution in [0.4, 0.5) is 0 Å². The van der Waals surface area contributed by atoms with Gasteiger partial charge in [0.2, 0.25) is 0 Å². The van der Waals surface area contributed by atoms with Crippen molar-refractivity contribution in [2.24, 2.45) is 4.99 Å². The Morgan fingerprint density at radius 1 is 1.10 bits per heavy atom. The third kappa shape index (κ3) is 5.77. The van der Waals surface area contributed by atoms with Crippen LogP contribution in [0.2, 0.25) is 0 Å². The van der Waals surface area contributed by atoms with Gasteiger partial charge in [0.05, 0.1) is 0 Å². The summed E-state index contributed by atoms with van der Waals surface area (Å²) in [4.78, 5) is 5.32. The maximum Gasteiger partial charge on any atom is 0.191 e. The van der Waals surface area contributed by atoms with E-state index in [-0.39, 0.29) is 29.4 Å². The highest BCUT2D eigenvalue weighted by Gasteiger charge is 2.34. The largest absolute Gasteiger partial charge is 0.386 e. The summed E-state index contributed by atoms with van der Waals surface area (Å²) in [6, 6.07) is 20.9. The van der Waals surface area contributed by atoms with Gasteiger partial charge in [0, 0.05) is 48.3 Å². The molecule has 0 aliphatic carbocycles. The minimum Gasteiger partial charge on any atom is -0.386 e. The highest BCUT2D eigenvalue weighted by molar-refractivity contribution is 14.0. The second-order valence-electron chi connectivity index (χ2n) is 7.77. The number of nitrogens with one attached hydrogen (secondary N) is 2. The molecule has 1 aliphatic rings. The van der Waals surface area contributed by atoms with Gasteiger partial charge >= 0.3 is 0 Å². The van der Waals surface area contributed by atoms with Crippen molar-refractivity contribution >= 4 is 51.4 Å². The Balaban J connectivity index is 0.00000272. The first kappa shape index (κ1) is 24.0. The zero-order valence-electron chi connectivity index (χ0n) is 17.7. The van der Waals surface area contributed by atoms with E-state index in [1.165, 1.54) is 15.6 Å². The third-order valence-electron chi connectivity index (χ3n) is 5.89. The third-order valence-corrected chi connectivity index (χ3v) is 7.11. The molecule has 2 aromatic carbocycles. The van der Waals surface area contributed by atoms with Crippen LogP contribution in [0.5, 0.6) is 0 Å². The van der Waals surface area contributed by atoms with E-state index in [1.54, 1.807) is 18.4 Å². The Bertz CT molecular complexity index is 954. The highest BCUT2D eigenvalue weighted by Crippen LogP contribution is 2.34. The lowest BCUT2D eigenvalue weighted by Crippen LogP contribution is -2.48. The zero-order valence-corrected chi connectivity index (χ0v) is 20.9. The number of hydrogen-bond donors (Lipinski definition) is 3. The molecule has 7 heteroatoms. The minimum absolute atomic E-state index is 0. The van der Waals surface area contributed by atoms with Crippen molar-refractivity contribution in [3.8, 4) is 0 Å². The minimum atomic E-state index is -0.577. The van der Waals surface area contributed by atoms with Crippen LogP contribution in [-0.2, 0) is 10.2 Å². The lowest BCUT2D eigenvalue weighted by atomic mass is 9.74. The van der Waals surface area contributed by atoms with E-state index in [2.05, 4.69) is 64.2 Å². The monoisotopic (exact) mass is 551 g/mol. The first-order chi connectivity index (χ1) is 14.7. The fraction of sp³-hybridized carbons (Fsp3) is 0.375. The summed E-state index contributed by atoms with van der Waals surface area (Å²) in [5, 5.41) is 18.6. The Hall–Kier alpha value is -1.68. The zero-order chi connectivity index (χ0) is 20.8. The van der Waals surface area contributed by atoms with Gasteiger partial charge in [-0.05, 0) is 35.9 Å². The molecule has 3 N–H and O–H groups in total. The average molecular weight is 551 g/mol. The van der Waals surface area contributed by atoms with Gasteiger partial charge < -0.3 is 20.5 Å². The van der Waals surface area contributed by atoms with E-state index in [1.807, 2.05) is 12.1 Å². The maximum absolute atomic E-state index is 10.7. The number of rotatable bonds is 6. The van der Waals surface area contributed by atoms with Crippen LogP contribution in [0, 0.1) is 0 Å². The SMILES string of the molecule is CN=C(NCC(O)c1cc2ccccc2s1)NCC1(c2ccccc2)CCOCC1.I. The molecule has 4 rings (SSSR count). The van der Waals surface area contributed by atoms with E-state index in [9.17, 15) is 5.11 Å². The molecule has 1 unspecified atom stereocenters. The topological polar surface area (TPSA) is 65.9 Å². The first-order valence-corrected chi connectivity index (χ1v) is 11.3. The van der Waals surface area contributed by atoms with Crippen molar-refractivity contribution < 1.29 is 9.84 Å². The van der Waals surface area contributed by atoms with Crippen LogP contribution in [0.1, 0.15) is 29.4 Å².